The van der Waals surface area contributed by atoms with E-state index in [-0.39, 0.29) is 12.2 Å². The van der Waals surface area contributed by atoms with E-state index in [4.69, 9.17) is 0 Å². The first-order valence-electron chi connectivity index (χ1n) is 5.05. The van der Waals surface area contributed by atoms with E-state index in [0.29, 0.717) is 19.0 Å². The molecule has 0 aromatic heterocycles. The molecule has 1 aliphatic rings. The van der Waals surface area contributed by atoms with Crippen molar-refractivity contribution in [2.45, 2.75) is 12.5 Å². The summed E-state index contributed by atoms with van der Waals surface area (Å²) in [7, 11) is 0. The number of rotatable bonds is 2. The van der Waals surface area contributed by atoms with Crippen molar-refractivity contribution in [2.24, 2.45) is 0 Å². The average molecular weight is 244 g/mol. The Morgan fingerprint density at radius 2 is 2.18 bits per heavy atom. The lowest BCUT2D eigenvalue weighted by molar-refractivity contribution is -0.386. The fraction of sp³-hybridized carbons (Fsp3) is 0.400. The molecule has 0 amide bonds. The second-order valence-electron chi connectivity index (χ2n) is 3.90. The summed E-state index contributed by atoms with van der Waals surface area (Å²) >= 11 is 0. The van der Waals surface area contributed by atoms with E-state index >= 15 is 0 Å². The smallest absolute Gasteiger partial charge is 0.328 e. The van der Waals surface area contributed by atoms with Crippen molar-refractivity contribution < 1.29 is 18.8 Å². The van der Waals surface area contributed by atoms with Crippen LogP contribution in [0.2, 0.25) is 0 Å². The first kappa shape index (κ1) is 11.7. The quantitative estimate of drug-likeness (QED) is 0.631. The van der Waals surface area contributed by atoms with Gasteiger partial charge in [-0.2, -0.15) is 4.39 Å². The number of hydrogen-bond acceptors (Lipinski definition) is 4. The van der Waals surface area contributed by atoms with Gasteiger partial charge in [-0.05, 0) is 6.42 Å². The predicted molar refractivity (Wildman–Crippen MR) is 55.8 cm³/mol. The van der Waals surface area contributed by atoms with Crippen molar-refractivity contribution in [3.8, 4) is 0 Å². The Morgan fingerprint density at radius 1 is 1.47 bits per heavy atom. The molecular weight excluding hydrogens is 234 g/mol. The van der Waals surface area contributed by atoms with Gasteiger partial charge < -0.3 is 10.0 Å². The molecule has 17 heavy (non-hydrogen) atoms. The maximum atomic E-state index is 13.3. The minimum Gasteiger partial charge on any atom is -0.391 e. The van der Waals surface area contributed by atoms with Crippen LogP contribution in [0.15, 0.2) is 12.1 Å². The van der Waals surface area contributed by atoms with Gasteiger partial charge in [0, 0.05) is 25.2 Å². The zero-order valence-corrected chi connectivity index (χ0v) is 8.77. The van der Waals surface area contributed by atoms with Gasteiger partial charge >= 0.3 is 5.69 Å². The highest BCUT2D eigenvalue weighted by Gasteiger charge is 2.30. The molecule has 0 saturated carbocycles. The molecule has 1 N–H and O–H groups in total. The highest BCUT2D eigenvalue weighted by atomic mass is 19.1. The van der Waals surface area contributed by atoms with E-state index in [1.807, 2.05) is 0 Å². The van der Waals surface area contributed by atoms with E-state index in [1.165, 1.54) is 4.90 Å². The van der Waals surface area contributed by atoms with Gasteiger partial charge in [0.2, 0.25) is 5.82 Å². The Hall–Kier alpha value is -1.76. The molecule has 1 heterocycles. The van der Waals surface area contributed by atoms with Gasteiger partial charge in [-0.25, -0.2) is 4.39 Å². The number of halogens is 2. The van der Waals surface area contributed by atoms with Gasteiger partial charge in [0.05, 0.1) is 11.0 Å². The Labute approximate surface area is 95.4 Å². The Morgan fingerprint density at radius 3 is 2.71 bits per heavy atom. The number of benzene rings is 1. The van der Waals surface area contributed by atoms with Gasteiger partial charge in [-0.1, -0.05) is 0 Å². The van der Waals surface area contributed by atoms with Gasteiger partial charge in [0.25, 0.3) is 0 Å². The Bertz CT molecular complexity index is 467. The van der Waals surface area contributed by atoms with Crippen LogP contribution < -0.4 is 4.90 Å². The molecule has 0 spiro atoms. The summed E-state index contributed by atoms with van der Waals surface area (Å²) in [5, 5.41) is 20.1. The van der Waals surface area contributed by atoms with Crippen LogP contribution in [-0.4, -0.2) is 29.2 Å². The number of nitro groups is 1. The summed E-state index contributed by atoms with van der Waals surface area (Å²) < 4.78 is 26.4. The van der Waals surface area contributed by atoms with Crippen LogP contribution in [0.4, 0.5) is 20.2 Å². The minimum absolute atomic E-state index is 0.121. The summed E-state index contributed by atoms with van der Waals surface area (Å²) in [5.41, 5.74) is -0.871. The van der Waals surface area contributed by atoms with Crippen LogP contribution in [-0.2, 0) is 0 Å². The van der Waals surface area contributed by atoms with Gasteiger partial charge in [0.15, 0.2) is 0 Å². The summed E-state index contributed by atoms with van der Waals surface area (Å²) in [5.74, 6) is -2.07. The lowest BCUT2D eigenvalue weighted by Crippen LogP contribution is -2.22. The number of aliphatic hydroxyl groups is 1. The van der Waals surface area contributed by atoms with E-state index < -0.39 is 28.3 Å². The zero-order chi connectivity index (χ0) is 12.6. The number of nitrogens with zero attached hydrogens (tertiary/aromatic N) is 2. The average Bonchev–Trinajstić information content (AvgIpc) is 2.62. The van der Waals surface area contributed by atoms with Crippen molar-refractivity contribution >= 4 is 11.4 Å². The minimum atomic E-state index is -1.20. The molecule has 5 nitrogen and oxygen atoms in total. The molecule has 0 radical (unpaired) electrons. The summed E-state index contributed by atoms with van der Waals surface area (Å²) in [6.07, 6.45) is -0.198. The Kier molecular flexibility index (Phi) is 2.93. The molecule has 1 atom stereocenters. The molecule has 0 bridgehead atoms. The second-order valence-corrected chi connectivity index (χ2v) is 3.90. The van der Waals surface area contributed by atoms with Crippen molar-refractivity contribution in [1.29, 1.82) is 0 Å². The third-order valence-electron chi connectivity index (χ3n) is 2.69. The zero-order valence-electron chi connectivity index (χ0n) is 8.77. The molecule has 2 rings (SSSR count). The third-order valence-corrected chi connectivity index (χ3v) is 2.69. The van der Waals surface area contributed by atoms with Crippen LogP contribution in [0, 0.1) is 21.7 Å². The standard InChI is InChI=1S/C10H10F2N2O3/c11-6-3-8(12)10(14(16)17)9(4-6)13-2-1-7(15)5-13/h3-4,7,15H,1-2,5H2/t7-/m0/s1. The monoisotopic (exact) mass is 244 g/mol. The van der Waals surface area contributed by atoms with E-state index in [2.05, 4.69) is 0 Å². The molecular formula is C10H10F2N2O3. The SMILES string of the molecule is O=[N+]([O-])c1c(F)cc(F)cc1N1CC[C@H](O)C1. The van der Waals surface area contributed by atoms with Gasteiger partial charge in [-0.15, -0.1) is 0 Å². The molecule has 92 valence electrons. The first-order chi connectivity index (χ1) is 7.99. The molecule has 1 fully saturated rings. The molecule has 0 unspecified atom stereocenters. The highest BCUT2D eigenvalue weighted by Crippen LogP contribution is 2.33. The largest absolute Gasteiger partial charge is 0.391 e. The molecule has 7 heteroatoms. The van der Waals surface area contributed by atoms with E-state index in [9.17, 15) is 24.0 Å². The van der Waals surface area contributed by atoms with Crippen LogP contribution in [0.3, 0.4) is 0 Å². The third kappa shape index (κ3) is 2.19. The molecule has 1 saturated heterocycles. The van der Waals surface area contributed by atoms with E-state index in [1.54, 1.807) is 0 Å². The van der Waals surface area contributed by atoms with Crippen LogP contribution in [0.25, 0.3) is 0 Å². The van der Waals surface area contributed by atoms with Gasteiger partial charge in [0.1, 0.15) is 11.5 Å². The topological polar surface area (TPSA) is 66.6 Å². The fourth-order valence-corrected chi connectivity index (χ4v) is 1.93. The number of anilines is 1. The number of nitro benzene ring substituents is 1. The number of hydrogen-bond donors (Lipinski definition) is 1. The molecule has 1 aliphatic heterocycles. The normalized spacial score (nSPS) is 19.7. The molecule has 1 aromatic rings. The summed E-state index contributed by atoms with van der Waals surface area (Å²) in [6.45, 7) is 0.481. The fourth-order valence-electron chi connectivity index (χ4n) is 1.93. The maximum absolute atomic E-state index is 13.3. The summed E-state index contributed by atoms with van der Waals surface area (Å²) in [4.78, 5) is 11.3. The van der Waals surface area contributed by atoms with Crippen LogP contribution in [0.5, 0.6) is 0 Å². The lowest BCUT2D eigenvalue weighted by atomic mass is 10.2. The van der Waals surface area contributed by atoms with Crippen LogP contribution in [0.1, 0.15) is 6.42 Å². The second kappa shape index (κ2) is 4.25. The number of aliphatic hydroxyl groups excluding tert-OH is 1. The van der Waals surface area contributed by atoms with E-state index in [0.717, 1.165) is 6.07 Å². The lowest BCUT2D eigenvalue weighted by Gasteiger charge is -2.17. The van der Waals surface area contributed by atoms with Crippen LogP contribution >= 0.6 is 0 Å². The van der Waals surface area contributed by atoms with Crippen molar-refractivity contribution in [1.82, 2.24) is 0 Å². The van der Waals surface area contributed by atoms with Crippen molar-refractivity contribution in [2.75, 3.05) is 18.0 Å². The number of β-amino-alcohol motifs (C(OH)–C–C–N with tert-alkyl or cyclic N) is 1. The van der Waals surface area contributed by atoms with Crippen molar-refractivity contribution in [3.63, 3.8) is 0 Å². The molecule has 0 aliphatic carbocycles. The van der Waals surface area contributed by atoms with Gasteiger partial charge in [-0.3, -0.25) is 10.1 Å². The Balaban J connectivity index is 2.47. The maximum Gasteiger partial charge on any atom is 0.328 e. The molecule has 1 aromatic carbocycles. The first-order valence-corrected chi connectivity index (χ1v) is 5.05. The predicted octanol–water partition coefficient (Wildman–Crippen LogP) is 1.44. The highest BCUT2D eigenvalue weighted by molar-refractivity contribution is 5.64. The summed E-state index contributed by atoms with van der Waals surface area (Å²) in [6, 6.07) is 1.40. The van der Waals surface area contributed by atoms with Crippen molar-refractivity contribution in [3.05, 3.63) is 33.9 Å².